The minimum Gasteiger partial charge on any atom is -0.279 e. The Kier molecular flexibility index (Phi) is 4.32. The summed E-state index contributed by atoms with van der Waals surface area (Å²) in [4.78, 5) is 0.979. The van der Waals surface area contributed by atoms with Gasteiger partial charge >= 0.3 is 0 Å². The van der Waals surface area contributed by atoms with Crippen LogP contribution >= 0.6 is 27.3 Å². The molecule has 0 bridgehead atoms. The summed E-state index contributed by atoms with van der Waals surface area (Å²) < 4.78 is 28.5. The number of rotatable bonds is 4. The van der Waals surface area contributed by atoms with Crippen LogP contribution in [0.1, 0.15) is 17.4 Å². The normalized spacial score (nSPS) is 11.5. The van der Waals surface area contributed by atoms with E-state index in [-0.39, 0.29) is 0 Å². The fraction of sp³-hybridized carbons (Fsp3) is 0.231. The van der Waals surface area contributed by atoms with Crippen molar-refractivity contribution in [3.63, 3.8) is 0 Å². The van der Waals surface area contributed by atoms with Crippen molar-refractivity contribution in [1.29, 1.82) is 0 Å². The van der Waals surface area contributed by atoms with Gasteiger partial charge in [-0.3, -0.25) is 4.72 Å². The second kappa shape index (κ2) is 5.64. The average Bonchev–Trinajstić information content (AvgIpc) is 2.79. The Hall–Kier alpha value is -0.850. The van der Waals surface area contributed by atoms with E-state index in [1.165, 1.54) is 11.3 Å². The maximum absolute atomic E-state index is 12.3. The lowest BCUT2D eigenvalue weighted by Gasteiger charge is -2.11. The summed E-state index contributed by atoms with van der Waals surface area (Å²) >= 11 is 4.66. The molecule has 0 amide bonds. The van der Waals surface area contributed by atoms with Crippen LogP contribution in [0.25, 0.3) is 0 Å². The van der Waals surface area contributed by atoms with Gasteiger partial charge in [0.05, 0.1) is 5.69 Å². The van der Waals surface area contributed by atoms with Crippen LogP contribution in [0.15, 0.2) is 39.0 Å². The van der Waals surface area contributed by atoms with Gasteiger partial charge in [0, 0.05) is 9.35 Å². The minimum atomic E-state index is -3.48. The van der Waals surface area contributed by atoms with E-state index >= 15 is 0 Å². The Bertz CT molecular complexity index is 692. The molecule has 0 fully saturated rings. The van der Waals surface area contributed by atoms with E-state index in [0.29, 0.717) is 9.90 Å². The molecule has 6 heteroatoms. The summed E-state index contributed by atoms with van der Waals surface area (Å²) in [5.74, 6) is 0. The second-order valence-corrected chi connectivity index (χ2v) is 8.24. The van der Waals surface area contributed by atoms with Crippen molar-refractivity contribution in [2.45, 2.75) is 24.5 Å². The number of aryl methyl sites for hydroxylation is 2. The fourth-order valence-electron chi connectivity index (χ4n) is 1.71. The van der Waals surface area contributed by atoms with Crippen molar-refractivity contribution in [1.82, 2.24) is 0 Å². The third kappa shape index (κ3) is 3.38. The Morgan fingerprint density at radius 1 is 1.26 bits per heavy atom. The van der Waals surface area contributed by atoms with Gasteiger partial charge in [0.15, 0.2) is 0 Å². The van der Waals surface area contributed by atoms with Crippen LogP contribution in [0.3, 0.4) is 0 Å². The number of hydrogen-bond donors (Lipinski definition) is 1. The first-order valence-corrected chi connectivity index (χ1v) is 8.89. The zero-order valence-electron chi connectivity index (χ0n) is 10.6. The standard InChI is InChI=1S/C13H14BrNO2S2/c1-3-10-8-11(14)5-6-12(10)15-19(16,17)13-7-4-9(2)18-13/h4-8,15H,3H2,1-2H3. The van der Waals surface area contributed by atoms with E-state index in [0.717, 1.165) is 21.3 Å². The zero-order valence-corrected chi connectivity index (χ0v) is 13.8. The van der Waals surface area contributed by atoms with Crippen LogP contribution in [0, 0.1) is 6.92 Å². The van der Waals surface area contributed by atoms with Crippen LogP contribution < -0.4 is 4.72 Å². The third-order valence-electron chi connectivity index (χ3n) is 2.67. The molecule has 1 aromatic heterocycles. The molecule has 0 aliphatic heterocycles. The summed E-state index contributed by atoms with van der Waals surface area (Å²) in [7, 11) is -3.48. The largest absolute Gasteiger partial charge is 0.279 e. The quantitative estimate of drug-likeness (QED) is 0.889. The van der Waals surface area contributed by atoms with Crippen molar-refractivity contribution in [2.75, 3.05) is 4.72 Å². The third-order valence-corrected chi connectivity index (χ3v) is 6.02. The molecule has 0 saturated heterocycles. The molecule has 0 aliphatic carbocycles. The summed E-state index contributed by atoms with van der Waals surface area (Å²) in [6.07, 6.45) is 0.765. The summed E-state index contributed by atoms with van der Waals surface area (Å²) in [6.45, 7) is 3.88. The van der Waals surface area contributed by atoms with Crippen LogP contribution in [0.5, 0.6) is 0 Å². The number of sulfonamides is 1. The molecule has 1 aromatic carbocycles. The van der Waals surface area contributed by atoms with E-state index in [9.17, 15) is 8.42 Å². The summed E-state index contributed by atoms with van der Waals surface area (Å²) in [6, 6.07) is 8.98. The van der Waals surface area contributed by atoms with Crippen molar-refractivity contribution < 1.29 is 8.42 Å². The SMILES string of the molecule is CCc1cc(Br)ccc1NS(=O)(=O)c1ccc(C)s1. The molecule has 1 N–H and O–H groups in total. The number of hydrogen-bond acceptors (Lipinski definition) is 3. The van der Waals surface area contributed by atoms with E-state index in [1.54, 1.807) is 12.1 Å². The molecule has 0 atom stereocenters. The van der Waals surface area contributed by atoms with Crippen molar-refractivity contribution in [3.8, 4) is 0 Å². The zero-order chi connectivity index (χ0) is 14.0. The van der Waals surface area contributed by atoms with E-state index in [1.807, 2.05) is 32.0 Å². The van der Waals surface area contributed by atoms with E-state index in [4.69, 9.17) is 0 Å². The predicted molar refractivity (Wildman–Crippen MR) is 83.4 cm³/mol. The number of thiophene rings is 1. The van der Waals surface area contributed by atoms with Crippen LogP contribution in [-0.2, 0) is 16.4 Å². The van der Waals surface area contributed by atoms with Gasteiger partial charge in [-0.15, -0.1) is 11.3 Å². The van der Waals surface area contributed by atoms with Crippen LogP contribution in [-0.4, -0.2) is 8.42 Å². The molecule has 2 rings (SSSR count). The molecule has 19 heavy (non-hydrogen) atoms. The van der Waals surface area contributed by atoms with Crippen LogP contribution in [0.4, 0.5) is 5.69 Å². The Morgan fingerprint density at radius 2 is 2.00 bits per heavy atom. The first-order valence-electron chi connectivity index (χ1n) is 5.80. The molecule has 0 saturated carbocycles. The van der Waals surface area contributed by atoms with Gasteiger partial charge in [0.2, 0.25) is 0 Å². The molecule has 0 unspecified atom stereocenters. The average molecular weight is 360 g/mol. The lowest BCUT2D eigenvalue weighted by Crippen LogP contribution is -2.12. The highest BCUT2D eigenvalue weighted by molar-refractivity contribution is 9.10. The Labute approximate surface area is 125 Å². The predicted octanol–water partition coefficient (Wildman–Crippen LogP) is 4.18. The van der Waals surface area contributed by atoms with E-state index in [2.05, 4.69) is 20.7 Å². The van der Waals surface area contributed by atoms with Gasteiger partial charge in [-0.2, -0.15) is 0 Å². The molecule has 0 radical (unpaired) electrons. The number of anilines is 1. The number of benzene rings is 1. The first-order chi connectivity index (χ1) is 8.92. The Morgan fingerprint density at radius 3 is 2.58 bits per heavy atom. The minimum absolute atomic E-state index is 0.343. The number of nitrogens with one attached hydrogen (secondary N) is 1. The first kappa shape index (κ1) is 14.6. The highest BCUT2D eigenvalue weighted by Crippen LogP contribution is 2.27. The smallest absolute Gasteiger partial charge is 0.271 e. The lowest BCUT2D eigenvalue weighted by atomic mass is 10.1. The van der Waals surface area contributed by atoms with Gasteiger partial charge < -0.3 is 0 Å². The van der Waals surface area contributed by atoms with E-state index < -0.39 is 10.0 Å². The molecule has 1 heterocycles. The van der Waals surface area contributed by atoms with Crippen molar-refractivity contribution in [3.05, 3.63) is 45.2 Å². The molecule has 2 aromatic rings. The summed E-state index contributed by atoms with van der Waals surface area (Å²) in [5.41, 5.74) is 1.60. The molecule has 3 nitrogen and oxygen atoms in total. The highest BCUT2D eigenvalue weighted by Gasteiger charge is 2.17. The van der Waals surface area contributed by atoms with Crippen molar-refractivity contribution in [2.24, 2.45) is 0 Å². The number of halogens is 1. The molecular formula is C13H14BrNO2S2. The fourth-order valence-corrected chi connectivity index (χ4v) is 4.50. The van der Waals surface area contributed by atoms with Gasteiger partial charge in [0.25, 0.3) is 10.0 Å². The van der Waals surface area contributed by atoms with Gasteiger partial charge in [-0.1, -0.05) is 22.9 Å². The molecule has 0 spiro atoms. The van der Waals surface area contributed by atoms with Gasteiger partial charge in [-0.05, 0) is 49.2 Å². The van der Waals surface area contributed by atoms with Crippen molar-refractivity contribution >= 4 is 43.0 Å². The topological polar surface area (TPSA) is 46.2 Å². The van der Waals surface area contributed by atoms with Gasteiger partial charge in [0.1, 0.15) is 4.21 Å². The monoisotopic (exact) mass is 359 g/mol. The Balaban J connectivity index is 2.35. The molecule has 0 aliphatic rings. The lowest BCUT2D eigenvalue weighted by molar-refractivity contribution is 0.603. The second-order valence-electron chi connectivity index (χ2n) is 4.13. The molecular weight excluding hydrogens is 346 g/mol. The maximum atomic E-state index is 12.3. The maximum Gasteiger partial charge on any atom is 0.271 e. The van der Waals surface area contributed by atoms with Gasteiger partial charge in [-0.25, -0.2) is 8.42 Å². The molecule has 102 valence electrons. The van der Waals surface area contributed by atoms with Crippen LogP contribution in [0.2, 0.25) is 0 Å². The summed E-state index contributed by atoms with van der Waals surface area (Å²) in [5, 5.41) is 0. The highest BCUT2D eigenvalue weighted by atomic mass is 79.9.